The molecule has 4 bridgehead atoms. The Kier molecular flexibility index (Phi) is 6.71. The zero-order valence-electron chi connectivity index (χ0n) is 20.2. The number of nitrogens with one attached hydrogen (secondary N) is 1. The number of hydrogen-bond acceptors (Lipinski definition) is 10. The van der Waals surface area contributed by atoms with Gasteiger partial charge in [-0.15, -0.1) is 0 Å². The predicted octanol–water partition coefficient (Wildman–Crippen LogP) is 1.82. The van der Waals surface area contributed by atoms with Crippen molar-refractivity contribution in [3.63, 3.8) is 0 Å². The van der Waals surface area contributed by atoms with Gasteiger partial charge in [0.2, 0.25) is 5.28 Å². The van der Waals surface area contributed by atoms with E-state index in [0.717, 1.165) is 19.3 Å². The molecule has 0 radical (unpaired) electrons. The minimum Gasteiger partial charge on any atom is -0.387 e. The fourth-order valence-corrected chi connectivity index (χ4v) is 9.97. The van der Waals surface area contributed by atoms with Crippen LogP contribution in [0.1, 0.15) is 44.8 Å². The molecule has 0 spiro atoms. The van der Waals surface area contributed by atoms with Crippen LogP contribution >= 0.6 is 26.8 Å². The Balaban J connectivity index is 1.23. The lowest BCUT2D eigenvalue weighted by Gasteiger charge is -2.57. The summed E-state index contributed by atoms with van der Waals surface area (Å²) in [5.74, 6) is 1.23. The number of aliphatic hydroxyl groups is 2. The Morgan fingerprint density at radius 1 is 1.08 bits per heavy atom. The fraction of sp³-hybridized carbons (Fsp3) is 0.762. The second-order valence-electron chi connectivity index (χ2n) is 11.3. The molecule has 38 heavy (non-hydrogen) atoms. The normalized spacial score (nSPS) is 38.1. The van der Waals surface area contributed by atoms with Gasteiger partial charge in [-0.2, -0.15) is 9.97 Å². The van der Waals surface area contributed by atoms with E-state index in [0.29, 0.717) is 29.1 Å². The molecule has 17 heteroatoms. The number of aliphatic hydroxyl groups excluding tert-OH is 2. The molecular formula is C21H30ClN5O9P2. The molecule has 4 saturated carbocycles. The summed E-state index contributed by atoms with van der Waals surface area (Å²) in [6.07, 6.45) is 2.94. The smallest absolute Gasteiger partial charge is 0.340 e. The number of aromatic nitrogens is 4. The maximum atomic E-state index is 12.0. The highest BCUT2D eigenvalue weighted by atomic mass is 35.5. The molecule has 4 aliphatic carbocycles. The van der Waals surface area contributed by atoms with E-state index in [9.17, 15) is 24.2 Å². The van der Waals surface area contributed by atoms with E-state index in [4.69, 9.17) is 30.6 Å². The van der Waals surface area contributed by atoms with Crippen molar-refractivity contribution in [2.75, 3.05) is 17.8 Å². The first kappa shape index (κ1) is 27.0. The van der Waals surface area contributed by atoms with E-state index in [1.54, 1.807) is 0 Å². The lowest BCUT2D eigenvalue weighted by Crippen LogP contribution is -2.54. The first-order chi connectivity index (χ1) is 17.8. The van der Waals surface area contributed by atoms with Crippen molar-refractivity contribution in [3.8, 4) is 0 Å². The van der Waals surface area contributed by atoms with Gasteiger partial charge in [-0.05, 0) is 67.9 Å². The Labute approximate surface area is 222 Å². The average Bonchev–Trinajstić information content (AvgIpc) is 3.30. The van der Waals surface area contributed by atoms with Crippen LogP contribution in [-0.4, -0.2) is 80.8 Å². The maximum absolute atomic E-state index is 12.0. The van der Waals surface area contributed by atoms with E-state index in [-0.39, 0.29) is 16.5 Å². The number of imidazole rings is 1. The molecular weight excluding hydrogens is 564 g/mol. The molecule has 5 fully saturated rings. The van der Waals surface area contributed by atoms with Crippen molar-refractivity contribution in [2.24, 2.45) is 17.8 Å². The molecule has 1 aliphatic heterocycles. The first-order valence-corrected chi connectivity index (χ1v) is 16.4. The van der Waals surface area contributed by atoms with Crippen molar-refractivity contribution < 1.29 is 43.3 Å². The summed E-state index contributed by atoms with van der Waals surface area (Å²) in [7, 11) is -9.50. The Bertz CT molecular complexity index is 1300. The number of fused-ring (bicyclic) bond motifs is 1. The molecule has 7 rings (SSSR count). The van der Waals surface area contributed by atoms with Gasteiger partial charge in [0.05, 0.1) is 12.9 Å². The summed E-state index contributed by atoms with van der Waals surface area (Å²) in [4.78, 5) is 40.8. The van der Waals surface area contributed by atoms with Crippen LogP contribution in [0, 0.1) is 17.8 Å². The molecule has 5 aliphatic rings. The third-order valence-corrected chi connectivity index (χ3v) is 11.9. The largest absolute Gasteiger partial charge is 0.387 e. The standard InChI is InChI=1S/C21H30ClN5O9P2/c22-20-24-17(26-21-4-10-1-11(5-21)3-12(2-10)6-21)14-18(25-20)27(8-23-14)19-16(29)15(28)13(36-19)7-35-38(33,34)9-37(30,31)32/h8,10-13,15-16,19,28-29H,1-7,9H2,(H,33,34)(H,24,25,26)(H2,30,31,32)/t10?,11?,12?,13-,15+,16+,19-,21?/m1/s1. The zero-order chi connectivity index (χ0) is 27.0. The van der Waals surface area contributed by atoms with E-state index in [1.165, 1.54) is 30.2 Å². The van der Waals surface area contributed by atoms with Crippen LogP contribution in [0.5, 0.6) is 0 Å². The minimum atomic E-state index is -4.82. The average molecular weight is 594 g/mol. The van der Waals surface area contributed by atoms with Crippen LogP contribution in [0.15, 0.2) is 6.33 Å². The van der Waals surface area contributed by atoms with Crippen LogP contribution in [0.4, 0.5) is 5.82 Å². The molecule has 0 amide bonds. The van der Waals surface area contributed by atoms with E-state index in [1.807, 2.05) is 0 Å². The van der Waals surface area contributed by atoms with Crippen LogP contribution in [0.2, 0.25) is 5.28 Å². The molecule has 2 aromatic heterocycles. The summed E-state index contributed by atoms with van der Waals surface area (Å²) in [5, 5.41) is 24.8. The molecule has 2 aromatic rings. The molecule has 3 heterocycles. The highest BCUT2D eigenvalue weighted by molar-refractivity contribution is 7.70. The predicted molar refractivity (Wildman–Crippen MR) is 133 cm³/mol. The highest BCUT2D eigenvalue weighted by Crippen LogP contribution is 2.57. The van der Waals surface area contributed by atoms with Gasteiger partial charge in [-0.25, -0.2) is 4.98 Å². The molecule has 5 atom stereocenters. The van der Waals surface area contributed by atoms with Crippen molar-refractivity contribution >= 4 is 43.8 Å². The number of nitrogens with zero attached hydrogens (tertiary/aromatic N) is 4. The minimum absolute atomic E-state index is 0.0296. The quantitative estimate of drug-likeness (QED) is 0.191. The summed E-state index contributed by atoms with van der Waals surface area (Å²) in [6.45, 7) is -0.691. The van der Waals surface area contributed by atoms with Gasteiger partial charge in [0.25, 0.3) is 0 Å². The van der Waals surface area contributed by atoms with Gasteiger partial charge in [0.15, 0.2) is 29.1 Å². The van der Waals surface area contributed by atoms with Gasteiger partial charge < -0.3 is 39.5 Å². The summed E-state index contributed by atoms with van der Waals surface area (Å²) < 4.78 is 35.0. The Morgan fingerprint density at radius 2 is 1.71 bits per heavy atom. The van der Waals surface area contributed by atoms with Crippen LogP contribution in [-0.2, 0) is 18.4 Å². The third-order valence-electron chi connectivity index (χ3n) is 8.23. The Morgan fingerprint density at radius 3 is 2.32 bits per heavy atom. The van der Waals surface area contributed by atoms with E-state index < -0.39 is 52.2 Å². The second-order valence-corrected chi connectivity index (χ2v) is 15.6. The fourth-order valence-electron chi connectivity index (χ4n) is 7.24. The van der Waals surface area contributed by atoms with E-state index in [2.05, 4.69) is 20.3 Å². The summed E-state index contributed by atoms with van der Waals surface area (Å²) in [6, 6.07) is 0. The number of anilines is 1. The molecule has 6 N–H and O–H groups in total. The number of rotatable bonds is 8. The SMILES string of the molecule is O=P(O)(O)CP(=O)(O)OC[C@H]1O[C@@H](n2cnc3c(NC45CC6CC(CC(C6)C4)C5)nc(Cl)nc32)[C@@H](O)[C@H]1O. The van der Waals surface area contributed by atoms with Crippen LogP contribution < -0.4 is 5.32 Å². The maximum Gasteiger partial charge on any atom is 0.340 e. The van der Waals surface area contributed by atoms with Gasteiger partial charge in [0.1, 0.15) is 18.3 Å². The number of ether oxygens (including phenoxy) is 1. The second kappa shape index (κ2) is 9.44. The molecule has 0 aromatic carbocycles. The monoisotopic (exact) mass is 593 g/mol. The zero-order valence-corrected chi connectivity index (χ0v) is 22.8. The third kappa shape index (κ3) is 5.16. The van der Waals surface area contributed by atoms with Gasteiger partial charge in [-0.1, -0.05) is 0 Å². The van der Waals surface area contributed by atoms with Gasteiger partial charge in [-0.3, -0.25) is 13.7 Å². The van der Waals surface area contributed by atoms with Crippen molar-refractivity contribution in [1.82, 2.24) is 19.5 Å². The molecule has 1 saturated heterocycles. The summed E-state index contributed by atoms with van der Waals surface area (Å²) >= 11 is 6.29. The molecule has 1 unspecified atom stereocenters. The van der Waals surface area contributed by atoms with E-state index >= 15 is 0 Å². The highest BCUT2D eigenvalue weighted by Gasteiger charge is 2.51. The first-order valence-electron chi connectivity index (χ1n) is 12.5. The molecule has 14 nitrogen and oxygen atoms in total. The number of hydrogen-bond donors (Lipinski definition) is 6. The van der Waals surface area contributed by atoms with Gasteiger partial charge >= 0.3 is 15.2 Å². The van der Waals surface area contributed by atoms with Crippen molar-refractivity contribution in [1.29, 1.82) is 0 Å². The lowest BCUT2D eigenvalue weighted by molar-refractivity contribution is -0.0483. The van der Waals surface area contributed by atoms with Crippen LogP contribution in [0.25, 0.3) is 11.2 Å². The summed E-state index contributed by atoms with van der Waals surface area (Å²) in [5.41, 5.74) is 0.622. The van der Waals surface area contributed by atoms with Crippen molar-refractivity contribution in [2.45, 2.75) is 68.6 Å². The number of halogens is 1. The molecule has 210 valence electrons. The topological polar surface area (TPSA) is 209 Å². The Hall–Kier alpha value is -1.18. The van der Waals surface area contributed by atoms with Crippen molar-refractivity contribution in [3.05, 3.63) is 11.6 Å². The van der Waals surface area contributed by atoms with Crippen LogP contribution in [0.3, 0.4) is 0 Å². The van der Waals surface area contributed by atoms with Gasteiger partial charge in [0, 0.05) is 5.54 Å². The lowest BCUT2D eigenvalue weighted by atomic mass is 9.53.